The van der Waals surface area contributed by atoms with Crippen LogP contribution in [0.4, 0.5) is 11.4 Å². The molecule has 6 N–H and O–H groups in total. The predicted molar refractivity (Wildman–Crippen MR) is 138 cm³/mol. The first-order valence-electron chi connectivity index (χ1n) is 12.6. The van der Waals surface area contributed by atoms with Gasteiger partial charge in [-0.25, -0.2) is 4.68 Å². The third-order valence-electron chi connectivity index (χ3n) is 6.20. The number of carboxylic acid groups (broad SMARTS) is 1. The lowest BCUT2D eigenvalue weighted by Gasteiger charge is -2.38. The average Bonchev–Trinajstić information content (AvgIpc) is 3.40. The highest BCUT2D eigenvalue weighted by Crippen LogP contribution is 2.22. The van der Waals surface area contributed by atoms with Crippen LogP contribution in [-0.4, -0.2) is 85.2 Å². The van der Waals surface area contributed by atoms with Gasteiger partial charge in [0.1, 0.15) is 30.6 Å². The maximum absolute atomic E-state index is 10.9. The van der Waals surface area contributed by atoms with Gasteiger partial charge >= 0.3 is 5.97 Å². The van der Waals surface area contributed by atoms with Gasteiger partial charge in [-0.3, -0.25) is 4.79 Å². The summed E-state index contributed by atoms with van der Waals surface area (Å²) in [4.78, 5) is 10.9. The van der Waals surface area contributed by atoms with E-state index in [1.54, 1.807) is 41.1 Å². The molecule has 39 heavy (non-hydrogen) atoms. The maximum Gasteiger partial charge on any atom is 0.307 e. The van der Waals surface area contributed by atoms with E-state index < -0.39 is 36.6 Å². The zero-order chi connectivity index (χ0) is 27.8. The maximum atomic E-state index is 10.9. The number of aromatic nitrogens is 3. The van der Waals surface area contributed by atoms with Crippen LogP contribution in [-0.2, 0) is 27.1 Å². The Labute approximate surface area is 224 Å². The van der Waals surface area contributed by atoms with E-state index in [2.05, 4.69) is 20.5 Å². The van der Waals surface area contributed by atoms with E-state index in [9.17, 15) is 20.1 Å². The highest BCUT2D eigenvalue weighted by Gasteiger charge is 2.42. The number of hydrogen-bond acceptors (Lipinski definition) is 11. The summed E-state index contributed by atoms with van der Waals surface area (Å²) in [5, 5.41) is 55.1. The second-order valence-electron chi connectivity index (χ2n) is 9.25. The van der Waals surface area contributed by atoms with Crippen molar-refractivity contribution < 1.29 is 34.7 Å². The van der Waals surface area contributed by atoms with Gasteiger partial charge in [0.2, 0.25) is 0 Å². The molecule has 2 heterocycles. The summed E-state index contributed by atoms with van der Waals surface area (Å²) in [6.45, 7) is 0.482. The first kappa shape index (κ1) is 28.4. The number of nitrogens with two attached hydrogens (primary N) is 1. The molecule has 3 aromatic rings. The van der Waals surface area contributed by atoms with Gasteiger partial charge in [-0.2, -0.15) is 10.2 Å². The normalized spacial score (nSPS) is 23.3. The van der Waals surface area contributed by atoms with Gasteiger partial charge in [0, 0.05) is 6.61 Å². The Balaban J connectivity index is 1.19. The van der Waals surface area contributed by atoms with Crippen LogP contribution in [0, 0.1) is 0 Å². The van der Waals surface area contributed by atoms with Crippen LogP contribution >= 0.6 is 0 Å². The summed E-state index contributed by atoms with van der Waals surface area (Å²) in [6, 6.07) is 14.2. The van der Waals surface area contributed by atoms with Crippen LogP contribution in [0.2, 0.25) is 0 Å². The lowest BCUT2D eigenvalue weighted by atomic mass is 9.99. The molecule has 0 radical (unpaired) electrons. The van der Waals surface area contributed by atoms with Gasteiger partial charge in [-0.05, 0) is 61.2 Å². The van der Waals surface area contributed by atoms with Crippen molar-refractivity contribution in [1.82, 2.24) is 15.0 Å². The number of azo groups is 1. The quantitative estimate of drug-likeness (QED) is 0.165. The third-order valence-corrected chi connectivity index (χ3v) is 6.20. The van der Waals surface area contributed by atoms with Crippen molar-refractivity contribution in [1.29, 1.82) is 0 Å². The van der Waals surface area contributed by atoms with Gasteiger partial charge in [0.15, 0.2) is 0 Å². The Morgan fingerprint density at radius 1 is 1.03 bits per heavy atom. The van der Waals surface area contributed by atoms with Crippen LogP contribution in [0.1, 0.15) is 24.1 Å². The number of aryl methyl sites for hydroxylation is 1. The molecule has 13 heteroatoms. The van der Waals surface area contributed by atoms with Crippen molar-refractivity contribution in [3.05, 3.63) is 66.0 Å². The van der Waals surface area contributed by atoms with Crippen LogP contribution in [0.3, 0.4) is 0 Å². The number of ether oxygens (including phenoxy) is 2. The molecule has 0 amide bonds. The third kappa shape index (κ3) is 7.95. The number of hydrogen-bond donors (Lipinski definition) is 5. The van der Waals surface area contributed by atoms with E-state index in [4.69, 9.17) is 20.3 Å². The number of carboxylic acids is 1. The van der Waals surface area contributed by atoms with Gasteiger partial charge in [-0.1, -0.05) is 17.3 Å². The van der Waals surface area contributed by atoms with Gasteiger partial charge in [0.25, 0.3) is 0 Å². The van der Waals surface area contributed by atoms with Gasteiger partial charge < -0.3 is 35.6 Å². The minimum Gasteiger partial charge on any atom is -0.481 e. The monoisotopic (exact) mass is 540 g/mol. The fourth-order valence-corrected chi connectivity index (χ4v) is 4.06. The number of nitrogens with zero attached hydrogens (tertiary/aromatic N) is 5. The molecule has 1 saturated heterocycles. The minimum absolute atomic E-state index is 0.0570. The van der Waals surface area contributed by atoms with Crippen molar-refractivity contribution in [3.63, 3.8) is 0 Å². The smallest absolute Gasteiger partial charge is 0.307 e. The topological polar surface area (TPSA) is 198 Å². The molecule has 4 rings (SSSR count). The highest BCUT2D eigenvalue weighted by molar-refractivity contribution is 5.70. The lowest BCUT2D eigenvalue weighted by Crippen LogP contribution is -2.61. The summed E-state index contributed by atoms with van der Waals surface area (Å²) >= 11 is 0. The van der Waals surface area contributed by atoms with E-state index in [0.29, 0.717) is 30.0 Å². The molecule has 0 aliphatic carbocycles. The molecule has 208 valence electrons. The van der Waals surface area contributed by atoms with E-state index in [0.717, 1.165) is 24.2 Å². The summed E-state index contributed by atoms with van der Waals surface area (Å²) in [5.74, 6) is -0.900. The Morgan fingerprint density at radius 3 is 2.56 bits per heavy atom. The molecular formula is C26H32N6O7. The van der Waals surface area contributed by atoms with Crippen LogP contribution < -0.4 is 5.73 Å². The lowest BCUT2D eigenvalue weighted by molar-refractivity contribution is -0.230. The van der Waals surface area contributed by atoms with Crippen molar-refractivity contribution >= 4 is 17.3 Å². The van der Waals surface area contributed by atoms with Gasteiger partial charge in [-0.15, -0.1) is 5.10 Å². The molecule has 2 aromatic carbocycles. The first-order valence-corrected chi connectivity index (χ1v) is 12.6. The van der Waals surface area contributed by atoms with Crippen molar-refractivity contribution in [3.8, 4) is 5.69 Å². The zero-order valence-electron chi connectivity index (χ0n) is 21.2. The molecule has 0 unspecified atom stereocenters. The first-order chi connectivity index (χ1) is 18.8. The standard InChI is InChI=1S/C26H32N6O7/c27-26-25(37)24(36)23(35)21(39-26)15-38-11-2-1-5-19-14-32(31-30-19)20-9-7-17(8-10-20)28-29-18-6-3-4-16(12-18)13-22(33)34/h3-4,6-10,12,14,21,23-26,35-37H,1-2,5,11,13,15,27H2,(H,33,34)/t21-,23-,24+,25-,26+/m1/s1. The van der Waals surface area contributed by atoms with Crippen LogP contribution in [0.15, 0.2) is 65.0 Å². The van der Waals surface area contributed by atoms with Gasteiger partial charge in [0.05, 0.1) is 42.0 Å². The number of aliphatic carboxylic acids is 1. The molecular weight excluding hydrogens is 508 g/mol. The largest absolute Gasteiger partial charge is 0.481 e. The van der Waals surface area contributed by atoms with E-state index in [-0.39, 0.29) is 13.0 Å². The zero-order valence-corrected chi connectivity index (χ0v) is 21.2. The number of benzene rings is 2. The Morgan fingerprint density at radius 2 is 1.79 bits per heavy atom. The molecule has 0 bridgehead atoms. The highest BCUT2D eigenvalue weighted by atomic mass is 16.6. The summed E-state index contributed by atoms with van der Waals surface area (Å²) in [7, 11) is 0. The van der Waals surface area contributed by atoms with E-state index in [1.807, 2.05) is 18.3 Å². The molecule has 1 fully saturated rings. The number of rotatable bonds is 12. The molecule has 5 atom stereocenters. The SMILES string of the molecule is N[C@H]1O[C@H](COCCCCc2cn(-c3ccc(N=Nc4cccc(CC(=O)O)c4)cc3)nn2)[C@@H](O)[C@H](O)[C@H]1O. The molecule has 0 saturated carbocycles. The Kier molecular flexibility index (Phi) is 9.81. The molecule has 1 aliphatic rings. The second kappa shape index (κ2) is 13.5. The molecule has 1 aliphatic heterocycles. The average molecular weight is 541 g/mol. The second-order valence-corrected chi connectivity index (χ2v) is 9.25. The predicted octanol–water partition coefficient (Wildman–Crippen LogP) is 1.42. The number of unbranched alkanes of at least 4 members (excludes halogenated alkanes) is 1. The van der Waals surface area contributed by atoms with Crippen molar-refractivity contribution in [2.45, 2.75) is 56.3 Å². The Bertz CT molecular complexity index is 1250. The summed E-state index contributed by atoms with van der Waals surface area (Å²) < 4.78 is 12.5. The molecule has 0 spiro atoms. The summed E-state index contributed by atoms with van der Waals surface area (Å²) in [5.41, 5.74) is 9.12. The van der Waals surface area contributed by atoms with E-state index >= 15 is 0 Å². The van der Waals surface area contributed by atoms with Crippen molar-refractivity contribution in [2.75, 3.05) is 13.2 Å². The van der Waals surface area contributed by atoms with E-state index in [1.165, 1.54) is 0 Å². The Hall–Kier alpha value is -3.59. The van der Waals surface area contributed by atoms with Crippen LogP contribution in [0.25, 0.3) is 5.69 Å². The fourth-order valence-electron chi connectivity index (χ4n) is 4.06. The number of aliphatic hydroxyl groups is 3. The molecule has 13 nitrogen and oxygen atoms in total. The van der Waals surface area contributed by atoms with Crippen LogP contribution in [0.5, 0.6) is 0 Å². The van der Waals surface area contributed by atoms with Crippen molar-refractivity contribution in [2.24, 2.45) is 16.0 Å². The number of carbonyl (C=O) groups is 1. The number of aliphatic hydroxyl groups excluding tert-OH is 3. The summed E-state index contributed by atoms with van der Waals surface area (Å²) in [6.07, 6.45) is -1.83. The minimum atomic E-state index is -1.37. The molecule has 1 aromatic heterocycles. The fraction of sp³-hybridized carbons (Fsp3) is 0.423.